The normalized spacial score (nSPS) is 18.5. The number of nitrogens with one attached hydrogen (secondary N) is 2. The van der Waals surface area contributed by atoms with E-state index in [1.54, 1.807) is 18.2 Å². The summed E-state index contributed by atoms with van der Waals surface area (Å²) in [5, 5.41) is 5.75. The number of rotatable bonds is 5. The Bertz CT molecular complexity index is 1250. The Morgan fingerprint density at radius 2 is 1.48 bits per heavy atom. The number of amides is 2. The van der Waals surface area contributed by atoms with Crippen LogP contribution in [0.1, 0.15) is 21.8 Å². The van der Waals surface area contributed by atoms with Crippen LogP contribution < -0.4 is 10.6 Å². The molecule has 4 rings (SSSR count). The first-order valence-electron chi connectivity index (χ1n) is 9.58. The van der Waals surface area contributed by atoms with Gasteiger partial charge in [-0.25, -0.2) is 8.78 Å². The molecule has 0 heterocycles. The summed E-state index contributed by atoms with van der Waals surface area (Å²) in [6, 6.07) is 13.4. The molecule has 1 fully saturated rings. The number of halogens is 6. The lowest BCUT2D eigenvalue weighted by molar-refractivity contribution is -0.117. The topological polar surface area (TPSA) is 58.2 Å². The summed E-state index contributed by atoms with van der Waals surface area (Å²) in [6.07, 6.45) is 0. The van der Waals surface area contributed by atoms with Crippen LogP contribution in [-0.4, -0.2) is 16.1 Å². The molecule has 0 aliphatic heterocycles. The second-order valence-corrected chi connectivity index (χ2v) is 9.71. The van der Waals surface area contributed by atoms with E-state index in [-0.39, 0.29) is 16.9 Å². The molecule has 170 valence electrons. The van der Waals surface area contributed by atoms with Crippen molar-refractivity contribution in [1.29, 1.82) is 0 Å². The third-order valence-corrected chi connectivity index (χ3v) is 6.90. The van der Waals surface area contributed by atoms with Gasteiger partial charge in [0.15, 0.2) is 0 Å². The van der Waals surface area contributed by atoms with Crippen LogP contribution in [0.3, 0.4) is 0 Å². The molecule has 1 aliphatic carbocycles. The molecule has 4 nitrogen and oxygen atoms in total. The molecule has 0 saturated heterocycles. The molecule has 0 bridgehead atoms. The number of carbonyl (C=O) groups excluding carboxylic acids is 2. The van der Waals surface area contributed by atoms with Gasteiger partial charge in [-0.15, -0.1) is 23.2 Å². The van der Waals surface area contributed by atoms with E-state index in [0.29, 0.717) is 15.6 Å². The zero-order valence-corrected chi connectivity index (χ0v) is 19.5. The van der Waals surface area contributed by atoms with E-state index in [4.69, 9.17) is 46.4 Å². The largest absolute Gasteiger partial charge is 0.326 e. The quantitative estimate of drug-likeness (QED) is 0.348. The van der Waals surface area contributed by atoms with E-state index in [9.17, 15) is 18.4 Å². The Labute approximate surface area is 207 Å². The standard InChI is InChI=1S/C23H14Cl4F2N2O2/c24-16-7-1-11(9-17(16)25)19-20(23(19,26)27)22(33)31-14-6-8-18(29)15(10-14)21(32)30-13-4-2-12(28)3-5-13/h1-10,19-20H,(H,30,32)(H,31,33). The second kappa shape index (κ2) is 9.11. The van der Waals surface area contributed by atoms with Crippen LogP contribution in [0, 0.1) is 17.6 Å². The number of hydrogen-bond acceptors (Lipinski definition) is 2. The minimum absolute atomic E-state index is 0.176. The molecule has 33 heavy (non-hydrogen) atoms. The fourth-order valence-corrected chi connectivity index (χ4v) is 4.64. The molecule has 1 saturated carbocycles. The van der Waals surface area contributed by atoms with Gasteiger partial charge in [-0.3, -0.25) is 9.59 Å². The number of anilines is 2. The molecule has 2 N–H and O–H groups in total. The van der Waals surface area contributed by atoms with Crippen molar-refractivity contribution in [3.63, 3.8) is 0 Å². The number of carbonyl (C=O) groups is 2. The Kier molecular flexibility index (Phi) is 6.56. The summed E-state index contributed by atoms with van der Waals surface area (Å²) in [4.78, 5) is 25.3. The van der Waals surface area contributed by atoms with Crippen LogP contribution in [0.4, 0.5) is 20.2 Å². The van der Waals surface area contributed by atoms with Gasteiger partial charge in [-0.05, 0) is 60.2 Å². The Balaban J connectivity index is 1.50. The zero-order valence-electron chi connectivity index (χ0n) is 16.5. The molecular weight excluding hydrogens is 516 g/mol. The lowest BCUT2D eigenvalue weighted by Gasteiger charge is -2.10. The smallest absolute Gasteiger partial charge is 0.258 e. The molecule has 0 aromatic heterocycles. The van der Waals surface area contributed by atoms with Gasteiger partial charge < -0.3 is 10.6 Å². The van der Waals surface area contributed by atoms with E-state index in [1.165, 1.54) is 24.3 Å². The highest BCUT2D eigenvalue weighted by Gasteiger charge is 2.67. The van der Waals surface area contributed by atoms with Gasteiger partial charge in [0.2, 0.25) is 5.91 Å². The van der Waals surface area contributed by atoms with Crippen molar-refractivity contribution in [2.45, 2.75) is 10.3 Å². The molecule has 3 aromatic rings. The average molecular weight is 530 g/mol. The van der Waals surface area contributed by atoms with Crippen molar-refractivity contribution in [3.8, 4) is 0 Å². The molecule has 2 unspecified atom stereocenters. The van der Waals surface area contributed by atoms with E-state index < -0.39 is 39.6 Å². The molecule has 2 atom stereocenters. The van der Waals surface area contributed by atoms with Crippen LogP contribution in [0.25, 0.3) is 0 Å². The van der Waals surface area contributed by atoms with Crippen molar-refractivity contribution in [3.05, 3.63) is 93.5 Å². The molecule has 1 aliphatic rings. The Hall–Kier alpha value is -2.38. The van der Waals surface area contributed by atoms with Crippen molar-refractivity contribution < 1.29 is 18.4 Å². The minimum atomic E-state index is -1.37. The van der Waals surface area contributed by atoms with Crippen molar-refractivity contribution >= 4 is 69.6 Å². The third-order valence-electron chi connectivity index (χ3n) is 5.22. The molecule has 3 aromatic carbocycles. The van der Waals surface area contributed by atoms with Gasteiger partial charge in [0.05, 0.1) is 21.5 Å². The van der Waals surface area contributed by atoms with Crippen molar-refractivity contribution in [1.82, 2.24) is 0 Å². The Morgan fingerprint density at radius 3 is 2.15 bits per heavy atom. The maximum atomic E-state index is 14.3. The fourth-order valence-electron chi connectivity index (χ4n) is 3.50. The van der Waals surface area contributed by atoms with Crippen LogP contribution >= 0.6 is 46.4 Å². The third kappa shape index (κ3) is 4.94. The first-order valence-corrected chi connectivity index (χ1v) is 11.1. The van der Waals surface area contributed by atoms with Crippen LogP contribution in [-0.2, 0) is 4.79 Å². The highest BCUT2D eigenvalue weighted by atomic mass is 35.5. The van der Waals surface area contributed by atoms with Crippen molar-refractivity contribution in [2.24, 2.45) is 5.92 Å². The van der Waals surface area contributed by atoms with Gasteiger partial charge in [0, 0.05) is 17.3 Å². The van der Waals surface area contributed by atoms with Crippen molar-refractivity contribution in [2.75, 3.05) is 10.6 Å². The second-order valence-electron chi connectivity index (χ2n) is 7.45. The zero-order chi connectivity index (χ0) is 23.9. The van der Waals surface area contributed by atoms with Gasteiger partial charge in [-0.2, -0.15) is 0 Å². The Morgan fingerprint density at radius 1 is 0.818 bits per heavy atom. The predicted molar refractivity (Wildman–Crippen MR) is 127 cm³/mol. The van der Waals surface area contributed by atoms with Gasteiger partial charge in [-0.1, -0.05) is 29.3 Å². The maximum Gasteiger partial charge on any atom is 0.258 e. The van der Waals surface area contributed by atoms with E-state index in [2.05, 4.69) is 10.6 Å². The first-order chi connectivity index (χ1) is 15.6. The molecular formula is C23H14Cl4F2N2O2. The average Bonchev–Trinajstić information content (AvgIpc) is 3.35. The van der Waals surface area contributed by atoms with E-state index >= 15 is 0 Å². The SMILES string of the molecule is O=C(Nc1ccc(F)cc1)c1cc(NC(=O)C2C(c3ccc(Cl)c(Cl)c3)C2(Cl)Cl)ccc1F. The lowest BCUT2D eigenvalue weighted by atomic mass is 10.1. The number of alkyl halides is 2. The van der Waals surface area contributed by atoms with E-state index in [0.717, 1.165) is 18.2 Å². The predicted octanol–water partition coefficient (Wildman–Crippen LogP) is 7.05. The monoisotopic (exact) mass is 528 g/mol. The maximum absolute atomic E-state index is 14.3. The van der Waals surface area contributed by atoms with Crippen LogP contribution in [0.5, 0.6) is 0 Å². The lowest BCUT2D eigenvalue weighted by Crippen LogP contribution is -2.18. The van der Waals surface area contributed by atoms with Gasteiger partial charge >= 0.3 is 0 Å². The van der Waals surface area contributed by atoms with Crippen LogP contribution in [0.15, 0.2) is 60.7 Å². The minimum Gasteiger partial charge on any atom is -0.326 e. The van der Waals surface area contributed by atoms with Crippen LogP contribution in [0.2, 0.25) is 10.0 Å². The summed E-state index contributed by atoms with van der Waals surface area (Å²) in [7, 11) is 0. The summed E-state index contributed by atoms with van der Waals surface area (Å²) < 4.78 is 25.9. The first kappa shape index (κ1) is 23.8. The summed E-state index contributed by atoms with van der Waals surface area (Å²) in [6.45, 7) is 0. The molecule has 0 spiro atoms. The summed E-state index contributed by atoms with van der Waals surface area (Å²) >= 11 is 24.7. The molecule has 0 radical (unpaired) electrons. The van der Waals surface area contributed by atoms with Gasteiger partial charge in [0.25, 0.3) is 5.91 Å². The number of hydrogen-bond donors (Lipinski definition) is 2. The highest BCUT2D eigenvalue weighted by Crippen LogP contribution is 2.65. The molecule has 2 amide bonds. The summed E-state index contributed by atoms with van der Waals surface area (Å²) in [5.74, 6) is -3.88. The van der Waals surface area contributed by atoms with E-state index in [1.807, 2.05) is 0 Å². The molecule has 10 heteroatoms. The number of benzene rings is 3. The highest BCUT2D eigenvalue weighted by molar-refractivity contribution is 6.53. The summed E-state index contributed by atoms with van der Waals surface area (Å²) in [5.41, 5.74) is 0.798. The fraction of sp³-hybridized carbons (Fsp3) is 0.130. The van der Waals surface area contributed by atoms with Gasteiger partial charge in [0.1, 0.15) is 16.0 Å².